The number of aldehydes is 1. The van der Waals surface area contributed by atoms with Crippen LogP contribution in [0.15, 0.2) is 17.1 Å². The fraction of sp³-hybridized carbons (Fsp3) is 0.143. The fourth-order valence-electron chi connectivity index (χ4n) is 0.809. The first-order valence-electron chi connectivity index (χ1n) is 3.11. The minimum atomic E-state index is -2.83. The lowest BCUT2D eigenvalue weighted by atomic mass is 10.2. The molecule has 0 fully saturated rings. The molecule has 0 aromatic carbocycles. The summed E-state index contributed by atoms with van der Waals surface area (Å²) in [5, 5.41) is 0. The van der Waals surface area contributed by atoms with E-state index in [0.29, 0.717) is 0 Å². The van der Waals surface area contributed by atoms with Gasteiger partial charge in [-0.25, -0.2) is 8.78 Å². The summed E-state index contributed by atoms with van der Waals surface area (Å²) in [7, 11) is 0. The third-order valence-corrected chi connectivity index (χ3v) is 1.37. The molecule has 0 spiro atoms. The largest absolute Gasteiger partial charge is 0.360 e. The van der Waals surface area contributed by atoms with Gasteiger partial charge in [0.1, 0.15) is 0 Å². The summed E-state index contributed by atoms with van der Waals surface area (Å²) in [5.41, 5.74) is -1.83. The summed E-state index contributed by atoms with van der Waals surface area (Å²) >= 11 is 0. The molecule has 0 atom stereocenters. The van der Waals surface area contributed by atoms with E-state index in [9.17, 15) is 18.4 Å². The second kappa shape index (κ2) is 3.25. The van der Waals surface area contributed by atoms with Gasteiger partial charge in [0.15, 0.2) is 11.7 Å². The van der Waals surface area contributed by atoms with E-state index in [4.69, 9.17) is 0 Å². The van der Waals surface area contributed by atoms with Gasteiger partial charge in [-0.15, -0.1) is 0 Å². The van der Waals surface area contributed by atoms with Crippen molar-refractivity contribution in [3.05, 3.63) is 33.7 Å². The summed E-state index contributed by atoms with van der Waals surface area (Å²) in [4.78, 5) is 23.1. The molecule has 64 valence electrons. The highest BCUT2D eigenvalue weighted by Gasteiger charge is 2.14. The molecule has 0 radical (unpaired) electrons. The van der Waals surface area contributed by atoms with Crippen LogP contribution in [0, 0.1) is 0 Å². The monoisotopic (exact) mass is 173 g/mol. The Morgan fingerprint density at radius 1 is 1.50 bits per heavy atom. The quantitative estimate of drug-likeness (QED) is 0.681. The molecule has 0 aliphatic rings. The molecule has 0 saturated heterocycles. The molecule has 0 aliphatic heterocycles. The van der Waals surface area contributed by atoms with E-state index in [-0.39, 0.29) is 6.29 Å². The average Bonchev–Trinajstić information content (AvgIpc) is 2.03. The van der Waals surface area contributed by atoms with E-state index in [2.05, 4.69) is 4.98 Å². The van der Waals surface area contributed by atoms with Crippen LogP contribution in [0.4, 0.5) is 8.78 Å². The SMILES string of the molecule is O=Cc1c(C(F)F)[nH]ccc1=O. The zero-order chi connectivity index (χ0) is 9.14. The summed E-state index contributed by atoms with van der Waals surface area (Å²) in [6, 6.07) is 1.02. The molecular formula is C7H5F2NO2. The van der Waals surface area contributed by atoms with E-state index in [1.54, 1.807) is 0 Å². The molecule has 1 rings (SSSR count). The molecule has 3 nitrogen and oxygen atoms in total. The van der Waals surface area contributed by atoms with Crippen molar-refractivity contribution in [1.29, 1.82) is 0 Å². The normalized spacial score (nSPS) is 10.2. The highest BCUT2D eigenvalue weighted by molar-refractivity contribution is 5.76. The van der Waals surface area contributed by atoms with E-state index in [1.165, 1.54) is 0 Å². The standard InChI is InChI=1S/C7H5F2NO2/c8-7(9)6-4(3-11)5(12)1-2-10-6/h1-3,7H,(H,10,12). The van der Waals surface area contributed by atoms with Crippen molar-refractivity contribution in [2.75, 3.05) is 0 Å². The van der Waals surface area contributed by atoms with Crippen LogP contribution in [-0.4, -0.2) is 11.3 Å². The Hall–Kier alpha value is -1.52. The third-order valence-electron chi connectivity index (χ3n) is 1.37. The topological polar surface area (TPSA) is 49.9 Å². The van der Waals surface area contributed by atoms with Crippen LogP contribution < -0.4 is 5.43 Å². The van der Waals surface area contributed by atoms with Crippen LogP contribution in [0.1, 0.15) is 22.5 Å². The maximum Gasteiger partial charge on any atom is 0.279 e. The van der Waals surface area contributed by atoms with E-state index >= 15 is 0 Å². The van der Waals surface area contributed by atoms with Crippen molar-refractivity contribution in [3.8, 4) is 0 Å². The third kappa shape index (κ3) is 1.39. The van der Waals surface area contributed by atoms with Gasteiger partial charge < -0.3 is 4.98 Å². The van der Waals surface area contributed by atoms with E-state index < -0.39 is 23.1 Å². The maximum absolute atomic E-state index is 12.1. The smallest absolute Gasteiger partial charge is 0.279 e. The van der Waals surface area contributed by atoms with Gasteiger partial charge in [-0.1, -0.05) is 0 Å². The number of alkyl halides is 2. The van der Waals surface area contributed by atoms with Crippen LogP contribution in [-0.2, 0) is 0 Å². The summed E-state index contributed by atoms with van der Waals surface area (Å²) in [6.45, 7) is 0. The molecule has 1 aromatic rings. The zero-order valence-corrected chi connectivity index (χ0v) is 5.88. The van der Waals surface area contributed by atoms with Crippen LogP contribution in [0.3, 0.4) is 0 Å². The highest BCUT2D eigenvalue weighted by Crippen LogP contribution is 2.16. The van der Waals surface area contributed by atoms with Crippen LogP contribution in [0.5, 0.6) is 0 Å². The van der Waals surface area contributed by atoms with Crippen molar-refractivity contribution in [1.82, 2.24) is 4.98 Å². The molecule has 0 unspecified atom stereocenters. The maximum atomic E-state index is 12.1. The lowest BCUT2D eigenvalue weighted by molar-refractivity contribution is 0.110. The van der Waals surface area contributed by atoms with Crippen molar-refractivity contribution < 1.29 is 13.6 Å². The fourth-order valence-corrected chi connectivity index (χ4v) is 0.809. The number of pyridine rings is 1. The van der Waals surface area contributed by atoms with Crippen LogP contribution in [0.2, 0.25) is 0 Å². The summed E-state index contributed by atoms with van der Waals surface area (Å²) in [6.07, 6.45) is -1.63. The Kier molecular flexibility index (Phi) is 2.32. The Balaban J connectivity index is 3.37. The predicted octanol–water partition coefficient (Wildman–Crippen LogP) is 1.12. The van der Waals surface area contributed by atoms with Gasteiger partial charge in [-0.05, 0) is 0 Å². The number of aromatic nitrogens is 1. The Labute approximate surface area is 66.0 Å². The molecule has 0 saturated carbocycles. The van der Waals surface area contributed by atoms with Crippen molar-refractivity contribution in [2.45, 2.75) is 6.43 Å². The molecule has 0 bridgehead atoms. The Morgan fingerprint density at radius 2 is 2.17 bits per heavy atom. The number of hydrogen-bond acceptors (Lipinski definition) is 2. The van der Waals surface area contributed by atoms with Crippen molar-refractivity contribution in [2.24, 2.45) is 0 Å². The number of rotatable bonds is 2. The molecular weight excluding hydrogens is 168 g/mol. The van der Waals surface area contributed by atoms with Gasteiger partial charge in [0.25, 0.3) is 6.43 Å². The lowest BCUT2D eigenvalue weighted by Gasteiger charge is -2.00. The number of nitrogens with one attached hydrogen (secondary N) is 1. The number of halogens is 2. The molecule has 1 N–H and O–H groups in total. The average molecular weight is 173 g/mol. The molecule has 0 aliphatic carbocycles. The van der Waals surface area contributed by atoms with Gasteiger partial charge in [0.05, 0.1) is 11.3 Å². The summed E-state index contributed by atoms with van der Waals surface area (Å²) in [5.74, 6) is 0. The molecule has 5 heteroatoms. The zero-order valence-electron chi connectivity index (χ0n) is 5.88. The van der Waals surface area contributed by atoms with Crippen molar-refractivity contribution in [3.63, 3.8) is 0 Å². The number of hydrogen-bond donors (Lipinski definition) is 1. The molecule has 12 heavy (non-hydrogen) atoms. The summed E-state index contributed by atoms with van der Waals surface area (Å²) < 4.78 is 24.1. The van der Waals surface area contributed by atoms with Gasteiger partial charge in [-0.3, -0.25) is 9.59 Å². The highest BCUT2D eigenvalue weighted by atomic mass is 19.3. The first kappa shape index (κ1) is 8.58. The number of H-pyrrole nitrogens is 1. The Bertz CT molecular complexity index is 346. The Morgan fingerprint density at radius 3 is 2.58 bits per heavy atom. The van der Waals surface area contributed by atoms with Crippen LogP contribution >= 0.6 is 0 Å². The first-order chi connectivity index (χ1) is 5.66. The van der Waals surface area contributed by atoms with Gasteiger partial charge in [0, 0.05) is 12.3 Å². The number of aromatic amines is 1. The van der Waals surface area contributed by atoms with Crippen molar-refractivity contribution >= 4 is 6.29 Å². The lowest BCUT2D eigenvalue weighted by Crippen LogP contribution is -2.12. The molecule has 0 amide bonds. The second-order valence-corrected chi connectivity index (χ2v) is 2.09. The first-order valence-corrected chi connectivity index (χ1v) is 3.11. The minimum Gasteiger partial charge on any atom is -0.360 e. The second-order valence-electron chi connectivity index (χ2n) is 2.09. The molecule has 1 aromatic heterocycles. The number of carbonyl (C=O) groups is 1. The number of carbonyl (C=O) groups excluding carboxylic acids is 1. The predicted molar refractivity (Wildman–Crippen MR) is 37.4 cm³/mol. The molecule has 1 heterocycles. The van der Waals surface area contributed by atoms with E-state index in [0.717, 1.165) is 12.3 Å². The van der Waals surface area contributed by atoms with Gasteiger partial charge in [0.2, 0.25) is 0 Å². The van der Waals surface area contributed by atoms with Crippen LogP contribution in [0.25, 0.3) is 0 Å². The van der Waals surface area contributed by atoms with E-state index in [1.807, 2.05) is 0 Å². The minimum absolute atomic E-state index is 0.125. The van der Waals surface area contributed by atoms with Gasteiger partial charge >= 0.3 is 0 Å². The van der Waals surface area contributed by atoms with Gasteiger partial charge in [-0.2, -0.15) is 0 Å².